The van der Waals surface area contributed by atoms with Crippen molar-refractivity contribution in [3.63, 3.8) is 0 Å². The highest BCUT2D eigenvalue weighted by Crippen LogP contribution is 2.52. The summed E-state index contributed by atoms with van der Waals surface area (Å²) in [5.41, 5.74) is 8.05. The van der Waals surface area contributed by atoms with Gasteiger partial charge in [0.2, 0.25) is 0 Å². The molecule has 1 saturated carbocycles. The highest BCUT2D eigenvalue weighted by atomic mass is 15.2. The van der Waals surface area contributed by atoms with Crippen LogP contribution in [-0.4, -0.2) is 19.5 Å². The molecular formula is C25H26N4. The molecule has 0 spiro atoms. The van der Waals surface area contributed by atoms with Gasteiger partial charge in [-0.05, 0) is 81.7 Å². The second-order valence-electron chi connectivity index (χ2n) is 8.77. The first kappa shape index (κ1) is 17.1. The zero-order valence-electron chi connectivity index (χ0n) is 16.9. The highest BCUT2D eigenvalue weighted by molar-refractivity contribution is 5.80. The first-order valence-electron chi connectivity index (χ1n) is 11.0. The van der Waals surface area contributed by atoms with Crippen LogP contribution in [0.4, 0.5) is 0 Å². The van der Waals surface area contributed by atoms with Gasteiger partial charge < -0.3 is 4.57 Å². The topological polar surface area (TPSA) is 43.6 Å². The molecule has 0 saturated heterocycles. The van der Waals surface area contributed by atoms with Crippen LogP contribution in [0.25, 0.3) is 28.2 Å². The van der Waals surface area contributed by atoms with Crippen molar-refractivity contribution in [2.75, 3.05) is 0 Å². The van der Waals surface area contributed by atoms with E-state index in [4.69, 9.17) is 15.0 Å². The second kappa shape index (κ2) is 6.65. The van der Waals surface area contributed by atoms with Gasteiger partial charge in [-0.15, -0.1) is 0 Å². The Morgan fingerprint density at radius 1 is 1.03 bits per heavy atom. The van der Waals surface area contributed by atoms with E-state index in [0.717, 1.165) is 29.2 Å². The molecule has 3 aromatic heterocycles. The molecular weight excluding hydrogens is 356 g/mol. The van der Waals surface area contributed by atoms with E-state index in [2.05, 4.69) is 47.9 Å². The monoisotopic (exact) mass is 382 g/mol. The maximum absolute atomic E-state index is 5.17. The molecule has 0 radical (unpaired) electrons. The number of nitrogens with zero attached hydrogens (tertiary/aromatic N) is 4. The third-order valence-electron chi connectivity index (χ3n) is 6.86. The van der Waals surface area contributed by atoms with Crippen LogP contribution >= 0.6 is 0 Å². The lowest BCUT2D eigenvalue weighted by molar-refractivity contribution is 0.530. The Bertz CT molecular complexity index is 1120. The SMILES string of the molecule is Cc1cccc(-c2nc3n(c2-c2ccnc(C4=CCCCC4)c2)C2CCC3C2)n1. The Morgan fingerprint density at radius 3 is 2.86 bits per heavy atom. The zero-order valence-corrected chi connectivity index (χ0v) is 16.9. The number of pyridine rings is 2. The molecule has 0 N–H and O–H groups in total. The standard InChI is InChI=1S/C25H26N4/c1-16-6-5-9-21(27-16)23-24(29-20-11-10-19(14-20)25(29)28-23)18-12-13-26-22(15-18)17-7-3-2-4-8-17/h5-7,9,12-13,15,19-20H,2-4,8,10-11,14H2,1H3. The Labute approximate surface area is 171 Å². The predicted molar refractivity (Wildman–Crippen MR) is 116 cm³/mol. The van der Waals surface area contributed by atoms with Gasteiger partial charge in [-0.25, -0.2) is 4.98 Å². The molecule has 0 aromatic carbocycles. The molecule has 2 bridgehead atoms. The van der Waals surface area contributed by atoms with Crippen molar-refractivity contribution in [2.24, 2.45) is 0 Å². The molecule has 2 unspecified atom stereocenters. The number of aryl methyl sites for hydroxylation is 1. The maximum atomic E-state index is 5.17. The van der Waals surface area contributed by atoms with E-state index in [-0.39, 0.29) is 0 Å². The molecule has 4 heteroatoms. The van der Waals surface area contributed by atoms with E-state index in [0.29, 0.717) is 12.0 Å². The molecule has 4 heterocycles. The minimum atomic E-state index is 0.585. The van der Waals surface area contributed by atoms with E-state index < -0.39 is 0 Å². The van der Waals surface area contributed by atoms with E-state index >= 15 is 0 Å². The summed E-state index contributed by atoms with van der Waals surface area (Å²) in [7, 11) is 0. The Morgan fingerprint density at radius 2 is 2.00 bits per heavy atom. The molecule has 6 rings (SSSR count). The summed E-state index contributed by atoms with van der Waals surface area (Å²) in [6.07, 6.45) is 13.0. The van der Waals surface area contributed by atoms with Crippen molar-refractivity contribution in [1.29, 1.82) is 0 Å². The van der Waals surface area contributed by atoms with Crippen molar-refractivity contribution in [3.05, 3.63) is 59.8 Å². The zero-order chi connectivity index (χ0) is 19.4. The van der Waals surface area contributed by atoms with Crippen molar-refractivity contribution >= 4 is 5.57 Å². The number of aromatic nitrogens is 4. The molecule has 29 heavy (non-hydrogen) atoms. The molecule has 1 fully saturated rings. The van der Waals surface area contributed by atoms with E-state index in [9.17, 15) is 0 Å². The van der Waals surface area contributed by atoms with Gasteiger partial charge in [0.1, 0.15) is 11.5 Å². The van der Waals surface area contributed by atoms with Crippen LogP contribution in [0.5, 0.6) is 0 Å². The first-order valence-corrected chi connectivity index (χ1v) is 11.0. The summed E-state index contributed by atoms with van der Waals surface area (Å²) < 4.78 is 2.53. The number of rotatable bonds is 3. The van der Waals surface area contributed by atoms with Crippen molar-refractivity contribution in [2.45, 2.75) is 63.8 Å². The van der Waals surface area contributed by atoms with Gasteiger partial charge in [-0.1, -0.05) is 12.1 Å². The molecule has 1 aliphatic heterocycles. The largest absolute Gasteiger partial charge is 0.324 e. The quantitative estimate of drug-likeness (QED) is 0.550. The lowest BCUT2D eigenvalue weighted by Gasteiger charge is -2.18. The summed E-state index contributed by atoms with van der Waals surface area (Å²) in [6, 6.07) is 11.3. The van der Waals surface area contributed by atoms with E-state index in [1.165, 1.54) is 61.2 Å². The molecule has 3 aliphatic rings. The van der Waals surface area contributed by atoms with Gasteiger partial charge in [0.15, 0.2) is 0 Å². The van der Waals surface area contributed by atoms with E-state index in [1.54, 1.807) is 0 Å². The smallest absolute Gasteiger partial charge is 0.115 e. The lowest BCUT2D eigenvalue weighted by Crippen LogP contribution is -2.08. The summed E-state index contributed by atoms with van der Waals surface area (Å²) in [5, 5.41) is 0. The van der Waals surface area contributed by atoms with Gasteiger partial charge >= 0.3 is 0 Å². The van der Waals surface area contributed by atoms with Crippen molar-refractivity contribution in [3.8, 4) is 22.6 Å². The molecule has 146 valence electrons. The minimum absolute atomic E-state index is 0.585. The fourth-order valence-electron chi connectivity index (χ4n) is 5.49. The number of imidazole rings is 1. The van der Waals surface area contributed by atoms with Gasteiger partial charge in [0.05, 0.1) is 17.1 Å². The highest BCUT2D eigenvalue weighted by Gasteiger charge is 2.41. The van der Waals surface area contributed by atoms with Crippen LogP contribution < -0.4 is 0 Å². The molecule has 2 aliphatic carbocycles. The lowest BCUT2D eigenvalue weighted by atomic mass is 9.95. The fourth-order valence-corrected chi connectivity index (χ4v) is 5.49. The normalized spacial score (nSPS) is 22.6. The summed E-state index contributed by atoms with van der Waals surface area (Å²) in [5.74, 6) is 1.88. The van der Waals surface area contributed by atoms with Crippen LogP contribution in [-0.2, 0) is 0 Å². The number of fused-ring (bicyclic) bond motifs is 5. The maximum Gasteiger partial charge on any atom is 0.115 e. The first-order chi connectivity index (χ1) is 14.3. The van der Waals surface area contributed by atoms with Crippen LogP contribution in [0.15, 0.2) is 42.6 Å². The number of hydrogen-bond acceptors (Lipinski definition) is 3. The van der Waals surface area contributed by atoms with Gasteiger partial charge in [0.25, 0.3) is 0 Å². The molecule has 3 aromatic rings. The van der Waals surface area contributed by atoms with Crippen molar-refractivity contribution < 1.29 is 0 Å². The number of hydrogen-bond donors (Lipinski definition) is 0. The summed E-state index contributed by atoms with van der Waals surface area (Å²) in [6.45, 7) is 2.05. The van der Waals surface area contributed by atoms with Crippen LogP contribution in [0.1, 0.15) is 74.1 Å². The van der Waals surface area contributed by atoms with Gasteiger partial charge in [-0.3, -0.25) is 9.97 Å². The van der Waals surface area contributed by atoms with Crippen LogP contribution in [0.3, 0.4) is 0 Å². The van der Waals surface area contributed by atoms with E-state index in [1.807, 2.05) is 6.20 Å². The average Bonchev–Trinajstić information content (AvgIpc) is 3.47. The molecule has 4 nitrogen and oxygen atoms in total. The fraction of sp³-hybridized carbons (Fsp3) is 0.400. The summed E-state index contributed by atoms with van der Waals surface area (Å²) >= 11 is 0. The second-order valence-corrected chi connectivity index (χ2v) is 8.77. The Kier molecular flexibility index (Phi) is 3.93. The third-order valence-corrected chi connectivity index (χ3v) is 6.86. The summed E-state index contributed by atoms with van der Waals surface area (Å²) in [4.78, 5) is 14.7. The molecule has 0 amide bonds. The van der Waals surface area contributed by atoms with Gasteiger partial charge in [0, 0.05) is 29.4 Å². The predicted octanol–water partition coefficient (Wildman–Crippen LogP) is 6.10. The Hall–Kier alpha value is -2.75. The Balaban J connectivity index is 1.54. The van der Waals surface area contributed by atoms with Crippen molar-refractivity contribution in [1.82, 2.24) is 19.5 Å². The molecule has 2 atom stereocenters. The third kappa shape index (κ3) is 2.77. The minimum Gasteiger partial charge on any atom is -0.324 e. The van der Waals surface area contributed by atoms with Crippen LogP contribution in [0, 0.1) is 6.92 Å². The number of allylic oxidation sites excluding steroid dienone is 2. The van der Waals surface area contributed by atoms with Gasteiger partial charge in [-0.2, -0.15) is 0 Å². The van der Waals surface area contributed by atoms with Crippen LogP contribution in [0.2, 0.25) is 0 Å². The average molecular weight is 383 g/mol.